The summed E-state index contributed by atoms with van der Waals surface area (Å²) in [4.78, 5) is 14.3. The second-order valence-corrected chi connectivity index (χ2v) is 10.7. The molecule has 22 heavy (non-hydrogen) atoms. The lowest BCUT2D eigenvalue weighted by Crippen LogP contribution is -2.48. The minimum absolute atomic E-state index is 0.0137. The summed E-state index contributed by atoms with van der Waals surface area (Å²) in [5.41, 5.74) is -0.532. The van der Waals surface area contributed by atoms with Crippen molar-refractivity contribution in [2.24, 2.45) is 11.3 Å². The van der Waals surface area contributed by atoms with Crippen LogP contribution in [0.15, 0.2) is 0 Å². The highest BCUT2D eigenvalue weighted by Gasteiger charge is 2.49. The molecule has 126 valence electrons. The van der Waals surface area contributed by atoms with Crippen molar-refractivity contribution in [3.8, 4) is 12.3 Å². The van der Waals surface area contributed by atoms with Gasteiger partial charge < -0.3 is 9.16 Å². The first-order chi connectivity index (χ1) is 9.86. The first-order valence-corrected chi connectivity index (χ1v) is 10.8. The number of nitrogens with zero attached hydrogens (tertiary/aromatic N) is 1. The van der Waals surface area contributed by atoms with Gasteiger partial charge in [0, 0.05) is 5.92 Å². The van der Waals surface area contributed by atoms with E-state index in [4.69, 9.17) is 15.6 Å². The smallest absolute Gasteiger partial charge is 0.413 e. The lowest BCUT2D eigenvalue weighted by atomic mass is 9.78. The van der Waals surface area contributed by atoms with Crippen LogP contribution in [0.2, 0.25) is 13.1 Å². The third kappa shape index (κ3) is 4.75. The van der Waals surface area contributed by atoms with Gasteiger partial charge in [0.2, 0.25) is 0 Å². The highest BCUT2D eigenvalue weighted by molar-refractivity contribution is 6.48. The van der Waals surface area contributed by atoms with Crippen LogP contribution in [0.3, 0.4) is 0 Å². The third-order valence-electron chi connectivity index (χ3n) is 3.75. The molecule has 1 saturated heterocycles. The van der Waals surface area contributed by atoms with Crippen molar-refractivity contribution in [1.29, 1.82) is 0 Å². The highest BCUT2D eigenvalue weighted by atomic mass is 28.3. The Morgan fingerprint density at radius 2 is 1.77 bits per heavy atom. The minimum atomic E-state index is -1.32. The Hall–Kier alpha value is -0.993. The number of likely N-dealkylation sites (tertiary alicyclic amines) is 1. The molecule has 0 aromatic carbocycles. The van der Waals surface area contributed by atoms with Gasteiger partial charge in [-0.25, -0.2) is 4.79 Å². The lowest BCUT2D eigenvalue weighted by Gasteiger charge is -2.37. The number of amides is 1. The summed E-state index contributed by atoms with van der Waals surface area (Å²) in [5, 5.41) is 0. The van der Waals surface area contributed by atoms with E-state index in [2.05, 4.69) is 39.8 Å². The number of terminal acetylenes is 1. The highest BCUT2D eigenvalue weighted by Crippen LogP contribution is 2.42. The maximum Gasteiger partial charge on any atom is 0.413 e. The van der Waals surface area contributed by atoms with Gasteiger partial charge in [0.05, 0.1) is 6.04 Å². The number of carbonyl (C=O) groups excluding carboxylic acids is 1. The molecule has 0 bridgehead atoms. The van der Waals surface area contributed by atoms with Crippen LogP contribution in [0, 0.1) is 23.7 Å². The zero-order chi connectivity index (χ0) is 17.3. The predicted molar refractivity (Wildman–Crippen MR) is 92.0 cm³/mol. The summed E-state index contributed by atoms with van der Waals surface area (Å²) in [5.74, 6) is 2.95. The molecule has 3 atom stereocenters. The fraction of sp³-hybridized carbons (Fsp3) is 0.824. The molecular formula is C17H31NO3Si. The molecule has 1 aliphatic heterocycles. The molecule has 0 aromatic rings. The average Bonchev–Trinajstić information content (AvgIpc) is 2.63. The predicted octanol–water partition coefficient (Wildman–Crippen LogP) is 3.62. The zero-order valence-electron chi connectivity index (χ0n) is 15.3. The van der Waals surface area contributed by atoms with Crippen LogP contribution in [0.4, 0.5) is 4.79 Å². The molecule has 1 heterocycles. The standard InChI is InChI=1S/C17H31NO3Si/c1-10-12-11-13(16(2,3)4)14(21-22(8)9)18(12)15(19)20-17(5,6)7/h1,12-14,22H,11H2,2-9H3/t12-,13+,14?/m1/s1. The van der Waals surface area contributed by atoms with E-state index in [-0.39, 0.29) is 29.7 Å². The van der Waals surface area contributed by atoms with E-state index >= 15 is 0 Å². The molecule has 1 amide bonds. The van der Waals surface area contributed by atoms with Gasteiger partial charge in [0.25, 0.3) is 0 Å². The van der Waals surface area contributed by atoms with Crippen LogP contribution < -0.4 is 0 Å². The van der Waals surface area contributed by atoms with E-state index in [0.717, 1.165) is 6.42 Å². The number of rotatable bonds is 2. The van der Waals surface area contributed by atoms with Gasteiger partial charge in [-0.05, 0) is 45.7 Å². The van der Waals surface area contributed by atoms with Crippen molar-refractivity contribution in [2.45, 2.75) is 78.9 Å². The molecular weight excluding hydrogens is 294 g/mol. The number of hydrogen-bond acceptors (Lipinski definition) is 3. The van der Waals surface area contributed by atoms with Gasteiger partial charge >= 0.3 is 6.09 Å². The SMILES string of the molecule is C#C[C@@H]1C[C@H](C(C)(C)C)C(O[SiH](C)C)N1C(=O)OC(C)(C)C. The zero-order valence-corrected chi connectivity index (χ0v) is 16.4. The van der Waals surface area contributed by atoms with E-state index in [0.29, 0.717) is 0 Å². The van der Waals surface area contributed by atoms with Crippen LogP contribution in [0.25, 0.3) is 0 Å². The first-order valence-electron chi connectivity index (χ1n) is 7.99. The van der Waals surface area contributed by atoms with Crippen LogP contribution >= 0.6 is 0 Å². The summed E-state index contributed by atoms with van der Waals surface area (Å²) in [6, 6.07) is -0.267. The van der Waals surface area contributed by atoms with Crippen molar-refractivity contribution in [1.82, 2.24) is 4.90 Å². The molecule has 0 saturated carbocycles. The lowest BCUT2D eigenvalue weighted by molar-refractivity contribution is -0.0342. The summed E-state index contributed by atoms with van der Waals surface area (Å²) >= 11 is 0. The van der Waals surface area contributed by atoms with Gasteiger partial charge in [0.1, 0.15) is 11.8 Å². The molecule has 1 unspecified atom stereocenters. The Balaban J connectivity index is 3.13. The van der Waals surface area contributed by atoms with Crippen LogP contribution in [-0.2, 0) is 9.16 Å². The third-order valence-corrected chi connectivity index (χ3v) is 4.58. The van der Waals surface area contributed by atoms with Gasteiger partial charge in [0.15, 0.2) is 9.04 Å². The maximum absolute atomic E-state index is 12.6. The van der Waals surface area contributed by atoms with E-state index in [1.807, 2.05) is 20.8 Å². The van der Waals surface area contributed by atoms with Crippen molar-refractivity contribution >= 4 is 15.1 Å². The Morgan fingerprint density at radius 1 is 1.23 bits per heavy atom. The largest absolute Gasteiger partial charge is 0.444 e. The molecule has 5 heteroatoms. The molecule has 1 rings (SSSR count). The first kappa shape index (κ1) is 19.1. The molecule has 4 nitrogen and oxygen atoms in total. The Bertz CT molecular complexity index is 442. The van der Waals surface area contributed by atoms with Gasteiger partial charge in [-0.3, -0.25) is 4.90 Å². The Kier molecular flexibility index (Phi) is 5.75. The fourth-order valence-electron chi connectivity index (χ4n) is 2.76. The minimum Gasteiger partial charge on any atom is -0.444 e. The molecule has 1 aliphatic rings. The molecule has 0 aromatic heterocycles. The molecule has 0 radical (unpaired) electrons. The Labute approximate surface area is 137 Å². The van der Waals surface area contributed by atoms with Gasteiger partial charge in [-0.2, -0.15) is 0 Å². The maximum atomic E-state index is 12.6. The summed E-state index contributed by atoms with van der Waals surface area (Å²) in [7, 11) is -1.32. The van der Waals surface area contributed by atoms with Gasteiger partial charge in [-0.15, -0.1) is 6.42 Å². The normalized spacial score (nSPS) is 26.2. The van der Waals surface area contributed by atoms with Crippen molar-refractivity contribution in [3.63, 3.8) is 0 Å². The number of ether oxygens (including phenoxy) is 1. The van der Waals surface area contributed by atoms with Gasteiger partial charge in [-0.1, -0.05) is 26.7 Å². The average molecular weight is 326 g/mol. The molecule has 0 N–H and O–H groups in total. The second kappa shape index (κ2) is 6.63. The molecule has 1 fully saturated rings. The number of hydrogen-bond donors (Lipinski definition) is 0. The Morgan fingerprint density at radius 3 is 2.14 bits per heavy atom. The molecule has 0 aliphatic carbocycles. The fourth-order valence-corrected chi connectivity index (χ4v) is 3.63. The quantitative estimate of drug-likeness (QED) is 0.575. The van der Waals surface area contributed by atoms with E-state index in [9.17, 15) is 4.79 Å². The van der Waals surface area contributed by atoms with E-state index in [1.54, 1.807) is 4.90 Å². The monoisotopic (exact) mass is 325 g/mol. The van der Waals surface area contributed by atoms with E-state index < -0.39 is 14.6 Å². The summed E-state index contributed by atoms with van der Waals surface area (Å²) in [6.45, 7) is 16.3. The number of carbonyl (C=O) groups is 1. The molecule has 0 spiro atoms. The summed E-state index contributed by atoms with van der Waals surface area (Å²) in [6.07, 6.45) is 5.77. The summed E-state index contributed by atoms with van der Waals surface area (Å²) < 4.78 is 11.8. The van der Waals surface area contributed by atoms with Crippen molar-refractivity contribution in [2.75, 3.05) is 0 Å². The van der Waals surface area contributed by atoms with Crippen LogP contribution in [-0.4, -0.2) is 37.9 Å². The van der Waals surface area contributed by atoms with Crippen LogP contribution in [0.1, 0.15) is 48.0 Å². The van der Waals surface area contributed by atoms with Crippen LogP contribution in [0.5, 0.6) is 0 Å². The van der Waals surface area contributed by atoms with E-state index in [1.165, 1.54) is 0 Å². The van der Waals surface area contributed by atoms with Crippen molar-refractivity contribution in [3.05, 3.63) is 0 Å². The topological polar surface area (TPSA) is 38.8 Å². The van der Waals surface area contributed by atoms with Crippen molar-refractivity contribution < 1.29 is 14.0 Å². The second-order valence-electron chi connectivity index (χ2n) is 8.35.